The van der Waals surface area contributed by atoms with Crippen LogP contribution in [0, 0.1) is 0 Å². The van der Waals surface area contributed by atoms with E-state index < -0.39 is 5.91 Å². The van der Waals surface area contributed by atoms with E-state index in [4.69, 9.17) is 15.4 Å². The molecule has 0 fully saturated rings. The second-order valence-corrected chi connectivity index (χ2v) is 4.48. The van der Waals surface area contributed by atoms with Crippen molar-refractivity contribution in [2.24, 2.45) is 5.84 Å². The standard InChI is InChI=1S/C9H14N2O3S/c1-6(4-12)15-5-7-2-3-14-8(7)9(13)11-10/h2-3,6,12H,4-5,10H2,1H3,(H,11,13). The van der Waals surface area contributed by atoms with Crippen LogP contribution >= 0.6 is 11.8 Å². The van der Waals surface area contributed by atoms with Crippen LogP contribution in [-0.2, 0) is 5.75 Å². The van der Waals surface area contributed by atoms with Crippen LogP contribution < -0.4 is 11.3 Å². The monoisotopic (exact) mass is 230 g/mol. The number of aliphatic hydroxyl groups is 1. The topological polar surface area (TPSA) is 88.5 Å². The van der Waals surface area contributed by atoms with Crippen molar-refractivity contribution in [3.05, 3.63) is 23.7 Å². The minimum Gasteiger partial charge on any atom is -0.459 e. The van der Waals surface area contributed by atoms with Gasteiger partial charge in [0.25, 0.3) is 0 Å². The minimum absolute atomic E-state index is 0.112. The second kappa shape index (κ2) is 5.79. The van der Waals surface area contributed by atoms with Crippen LogP contribution in [0.4, 0.5) is 0 Å². The van der Waals surface area contributed by atoms with Gasteiger partial charge in [-0.1, -0.05) is 6.92 Å². The number of hydrazine groups is 1. The first-order valence-electron chi connectivity index (χ1n) is 4.48. The highest BCUT2D eigenvalue weighted by atomic mass is 32.2. The van der Waals surface area contributed by atoms with E-state index in [0.29, 0.717) is 5.75 Å². The molecule has 1 aromatic heterocycles. The van der Waals surface area contributed by atoms with Crippen molar-refractivity contribution in [2.45, 2.75) is 17.9 Å². The van der Waals surface area contributed by atoms with Gasteiger partial charge >= 0.3 is 5.91 Å². The Morgan fingerprint density at radius 3 is 3.13 bits per heavy atom. The van der Waals surface area contributed by atoms with E-state index in [1.54, 1.807) is 17.8 Å². The van der Waals surface area contributed by atoms with Gasteiger partial charge < -0.3 is 9.52 Å². The summed E-state index contributed by atoms with van der Waals surface area (Å²) in [4.78, 5) is 11.2. The molecule has 5 nitrogen and oxygen atoms in total. The molecular formula is C9H14N2O3S. The molecule has 4 N–H and O–H groups in total. The third kappa shape index (κ3) is 3.26. The van der Waals surface area contributed by atoms with Crippen molar-refractivity contribution >= 4 is 17.7 Å². The maximum atomic E-state index is 11.2. The van der Waals surface area contributed by atoms with Crippen molar-refractivity contribution in [3.63, 3.8) is 0 Å². The third-order valence-electron chi connectivity index (χ3n) is 1.86. The summed E-state index contributed by atoms with van der Waals surface area (Å²) in [5.74, 6) is 5.41. The van der Waals surface area contributed by atoms with E-state index in [0.717, 1.165) is 5.56 Å². The maximum absolute atomic E-state index is 11.2. The number of nitrogens with two attached hydrogens (primary N) is 1. The molecule has 1 heterocycles. The number of hydrogen-bond acceptors (Lipinski definition) is 5. The first-order valence-corrected chi connectivity index (χ1v) is 5.53. The van der Waals surface area contributed by atoms with Crippen molar-refractivity contribution in [1.29, 1.82) is 0 Å². The molecule has 1 aromatic rings. The Morgan fingerprint density at radius 2 is 2.53 bits per heavy atom. The van der Waals surface area contributed by atoms with Gasteiger partial charge in [-0.15, -0.1) is 0 Å². The van der Waals surface area contributed by atoms with E-state index in [-0.39, 0.29) is 17.6 Å². The van der Waals surface area contributed by atoms with Gasteiger partial charge in [0, 0.05) is 16.6 Å². The highest BCUT2D eigenvalue weighted by Gasteiger charge is 2.14. The van der Waals surface area contributed by atoms with E-state index in [2.05, 4.69) is 0 Å². The SMILES string of the molecule is CC(CO)SCc1ccoc1C(=O)NN. The molecule has 0 aromatic carbocycles. The van der Waals surface area contributed by atoms with E-state index in [1.807, 2.05) is 12.3 Å². The zero-order valence-electron chi connectivity index (χ0n) is 8.40. The lowest BCUT2D eigenvalue weighted by atomic mass is 10.3. The average Bonchev–Trinajstić information content (AvgIpc) is 2.72. The number of aliphatic hydroxyl groups excluding tert-OH is 1. The molecular weight excluding hydrogens is 216 g/mol. The summed E-state index contributed by atoms with van der Waals surface area (Å²) >= 11 is 1.55. The number of thioether (sulfide) groups is 1. The third-order valence-corrected chi connectivity index (χ3v) is 3.06. The minimum atomic E-state index is -0.438. The van der Waals surface area contributed by atoms with Crippen molar-refractivity contribution in [1.82, 2.24) is 5.43 Å². The van der Waals surface area contributed by atoms with Gasteiger partial charge in [-0.05, 0) is 6.07 Å². The Balaban J connectivity index is 2.61. The molecule has 0 saturated heterocycles. The highest BCUT2D eigenvalue weighted by molar-refractivity contribution is 7.99. The first kappa shape index (κ1) is 12.1. The summed E-state index contributed by atoms with van der Waals surface area (Å²) in [7, 11) is 0. The molecule has 0 aliphatic rings. The molecule has 0 bridgehead atoms. The van der Waals surface area contributed by atoms with Gasteiger partial charge in [0.2, 0.25) is 0 Å². The lowest BCUT2D eigenvalue weighted by Crippen LogP contribution is -2.30. The van der Waals surface area contributed by atoms with Gasteiger partial charge in [-0.3, -0.25) is 10.2 Å². The number of hydrogen-bond donors (Lipinski definition) is 3. The number of carbonyl (C=O) groups excluding carboxylic acids is 1. The molecule has 1 unspecified atom stereocenters. The van der Waals surface area contributed by atoms with Crippen LogP contribution in [0.1, 0.15) is 23.0 Å². The van der Waals surface area contributed by atoms with Crippen LogP contribution in [0.3, 0.4) is 0 Å². The zero-order chi connectivity index (χ0) is 11.3. The molecule has 0 aliphatic carbocycles. The predicted molar refractivity (Wildman–Crippen MR) is 58.2 cm³/mol. The molecule has 84 valence electrons. The Hall–Kier alpha value is -0.980. The van der Waals surface area contributed by atoms with E-state index in [9.17, 15) is 4.79 Å². The molecule has 1 amide bonds. The van der Waals surface area contributed by atoms with E-state index >= 15 is 0 Å². The summed E-state index contributed by atoms with van der Waals surface area (Å²) < 4.78 is 5.02. The molecule has 0 saturated carbocycles. The number of furan rings is 1. The number of amides is 1. The Kier molecular flexibility index (Phi) is 4.67. The van der Waals surface area contributed by atoms with Crippen molar-refractivity contribution in [3.8, 4) is 0 Å². The molecule has 0 aliphatic heterocycles. The van der Waals surface area contributed by atoms with E-state index in [1.165, 1.54) is 6.26 Å². The predicted octanol–water partition coefficient (Wildman–Crippen LogP) is 0.497. The molecule has 0 radical (unpaired) electrons. The second-order valence-electron chi connectivity index (χ2n) is 3.05. The highest BCUT2D eigenvalue weighted by Crippen LogP contribution is 2.20. The fourth-order valence-electron chi connectivity index (χ4n) is 0.999. The van der Waals surface area contributed by atoms with Gasteiger partial charge in [0.1, 0.15) is 0 Å². The summed E-state index contributed by atoms with van der Waals surface area (Å²) in [6.45, 7) is 2.02. The lowest BCUT2D eigenvalue weighted by molar-refractivity contribution is 0.0925. The van der Waals surface area contributed by atoms with Gasteiger partial charge in [0.15, 0.2) is 5.76 Å². The molecule has 6 heteroatoms. The number of carbonyl (C=O) groups is 1. The number of nitrogens with one attached hydrogen (secondary N) is 1. The maximum Gasteiger partial charge on any atom is 0.301 e. The molecule has 1 atom stereocenters. The average molecular weight is 230 g/mol. The Labute approximate surface area is 92.0 Å². The van der Waals surface area contributed by atoms with Crippen LogP contribution in [-0.4, -0.2) is 22.9 Å². The zero-order valence-corrected chi connectivity index (χ0v) is 9.21. The fourth-order valence-corrected chi connectivity index (χ4v) is 1.80. The van der Waals surface area contributed by atoms with Crippen LogP contribution in [0.5, 0.6) is 0 Å². The summed E-state index contributed by atoms with van der Waals surface area (Å²) in [6.07, 6.45) is 1.45. The van der Waals surface area contributed by atoms with Crippen molar-refractivity contribution in [2.75, 3.05) is 6.61 Å². The lowest BCUT2D eigenvalue weighted by Gasteiger charge is -2.06. The van der Waals surface area contributed by atoms with Gasteiger partial charge in [-0.2, -0.15) is 11.8 Å². The Morgan fingerprint density at radius 1 is 1.80 bits per heavy atom. The van der Waals surface area contributed by atoms with Gasteiger partial charge in [-0.25, -0.2) is 5.84 Å². The van der Waals surface area contributed by atoms with Gasteiger partial charge in [0.05, 0.1) is 12.9 Å². The molecule has 15 heavy (non-hydrogen) atoms. The Bertz CT molecular complexity index is 327. The first-order chi connectivity index (χ1) is 7.19. The summed E-state index contributed by atoms with van der Waals surface area (Å²) in [5.41, 5.74) is 2.80. The summed E-state index contributed by atoms with van der Waals surface area (Å²) in [5, 5.41) is 8.98. The van der Waals surface area contributed by atoms with Crippen LogP contribution in [0.25, 0.3) is 0 Å². The largest absolute Gasteiger partial charge is 0.459 e. The quantitative estimate of drug-likeness (QED) is 0.389. The number of rotatable bonds is 5. The smallest absolute Gasteiger partial charge is 0.301 e. The fraction of sp³-hybridized carbons (Fsp3) is 0.444. The molecule has 1 rings (SSSR count). The van der Waals surface area contributed by atoms with Crippen molar-refractivity contribution < 1.29 is 14.3 Å². The van der Waals surface area contributed by atoms with Crippen LogP contribution in [0.2, 0.25) is 0 Å². The van der Waals surface area contributed by atoms with Crippen LogP contribution in [0.15, 0.2) is 16.7 Å². The normalized spacial score (nSPS) is 12.5. The summed E-state index contributed by atoms with van der Waals surface area (Å²) in [6, 6.07) is 1.72. The number of nitrogen functional groups attached to an aromatic ring is 1. The molecule has 0 spiro atoms.